The van der Waals surface area contributed by atoms with E-state index >= 15 is 0 Å². The van der Waals surface area contributed by atoms with Crippen molar-refractivity contribution < 1.29 is 14.0 Å². The van der Waals surface area contributed by atoms with E-state index < -0.39 is 18.3 Å². The van der Waals surface area contributed by atoms with Crippen molar-refractivity contribution in [2.75, 3.05) is 31.2 Å². The van der Waals surface area contributed by atoms with Crippen LogP contribution in [0.4, 0.5) is 5.82 Å². The van der Waals surface area contributed by atoms with Crippen LogP contribution in [-0.4, -0.2) is 49.6 Å². The summed E-state index contributed by atoms with van der Waals surface area (Å²) in [6.07, 6.45) is 1.74. The largest absolute Gasteiger partial charge is 0.496 e. The summed E-state index contributed by atoms with van der Waals surface area (Å²) in [6, 6.07) is 4.06. The Balaban J connectivity index is 1.87. The molecule has 0 amide bonds. The van der Waals surface area contributed by atoms with E-state index in [0.29, 0.717) is 24.6 Å². The number of nitriles is 1. The summed E-state index contributed by atoms with van der Waals surface area (Å²) in [5, 5.41) is 9.49. The highest BCUT2D eigenvalue weighted by Gasteiger charge is 2.51. The van der Waals surface area contributed by atoms with Crippen LogP contribution in [0.1, 0.15) is 33.3 Å². The molecule has 0 radical (unpaired) electrons. The molecular formula is C16H22BN3O3. The van der Waals surface area contributed by atoms with Crippen LogP contribution in [0.2, 0.25) is 0 Å². The molecule has 23 heavy (non-hydrogen) atoms. The van der Waals surface area contributed by atoms with Crippen LogP contribution >= 0.6 is 0 Å². The van der Waals surface area contributed by atoms with E-state index in [1.54, 1.807) is 6.20 Å². The molecular weight excluding hydrogens is 293 g/mol. The summed E-state index contributed by atoms with van der Waals surface area (Å²) >= 11 is 0. The highest BCUT2D eigenvalue weighted by atomic mass is 16.7. The van der Waals surface area contributed by atoms with Gasteiger partial charge in [-0.2, -0.15) is 5.26 Å². The van der Waals surface area contributed by atoms with Crippen molar-refractivity contribution in [3.05, 3.63) is 17.8 Å². The third-order valence-corrected chi connectivity index (χ3v) is 4.84. The predicted octanol–water partition coefficient (Wildman–Crippen LogP) is 1.09. The number of nitrogens with zero attached hydrogens (tertiary/aromatic N) is 3. The second kappa shape index (κ2) is 5.79. The Morgan fingerprint density at radius 2 is 1.78 bits per heavy atom. The van der Waals surface area contributed by atoms with Gasteiger partial charge < -0.3 is 18.9 Å². The molecule has 0 unspecified atom stereocenters. The zero-order valence-corrected chi connectivity index (χ0v) is 14.1. The Kier molecular flexibility index (Phi) is 4.09. The van der Waals surface area contributed by atoms with E-state index in [1.165, 1.54) is 0 Å². The zero-order valence-electron chi connectivity index (χ0n) is 14.1. The first-order valence-corrected chi connectivity index (χ1v) is 7.92. The molecule has 0 aliphatic carbocycles. The van der Waals surface area contributed by atoms with Crippen LogP contribution in [0.25, 0.3) is 0 Å². The molecule has 0 bridgehead atoms. The smallest absolute Gasteiger partial charge is 0.399 e. The summed E-state index contributed by atoms with van der Waals surface area (Å²) in [5.74, 6) is 0.705. The first-order chi connectivity index (χ1) is 10.8. The average molecular weight is 315 g/mol. The maximum Gasteiger partial charge on any atom is 0.496 e. The van der Waals surface area contributed by atoms with Crippen molar-refractivity contribution in [1.29, 1.82) is 5.26 Å². The Hall–Kier alpha value is -1.62. The lowest BCUT2D eigenvalue weighted by molar-refractivity contribution is 0.00578. The number of rotatable bonds is 2. The maximum absolute atomic E-state index is 9.49. The molecule has 0 aromatic carbocycles. The van der Waals surface area contributed by atoms with Crippen LogP contribution in [-0.2, 0) is 14.0 Å². The fourth-order valence-electron chi connectivity index (χ4n) is 2.69. The second-order valence-corrected chi connectivity index (χ2v) is 6.94. The molecule has 0 spiro atoms. The highest BCUT2D eigenvalue weighted by molar-refractivity contribution is 6.62. The van der Waals surface area contributed by atoms with Gasteiger partial charge in [-0.3, -0.25) is 0 Å². The summed E-state index contributed by atoms with van der Waals surface area (Å²) in [7, 11) is -0.502. The van der Waals surface area contributed by atoms with Gasteiger partial charge in [0.15, 0.2) is 0 Å². The highest BCUT2D eigenvalue weighted by Crippen LogP contribution is 2.36. The molecule has 2 aliphatic heterocycles. The fraction of sp³-hybridized carbons (Fsp3) is 0.625. The van der Waals surface area contributed by atoms with Crippen molar-refractivity contribution in [2.45, 2.75) is 38.9 Å². The van der Waals surface area contributed by atoms with Crippen LogP contribution < -0.4 is 10.4 Å². The molecule has 2 aliphatic rings. The number of aromatic nitrogens is 1. The van der Waals surface area contributed by atoms with Gasteiger partial charge in [-0.15, -0.1) is 0 Å². The van der Waals surface area contributed by atoms with Crippen LogP contribution in [0.15, 0.2) is 12.3 Å². The number of morpholine rings is 1. The molecule has 122 valence electrons. The minimum atomic E-state index is -0.502. The molecule has 6 nitrogen and oxygen atoms in total. The topological polar surface area (TPSA) is 67.6 Å². The minimum absolute atomic E-state index is 0.409. The standard InChI is InChI=1S/C16H22BN3O3/c1-15(2)16(3,4)23-17(22-15)13-9-12(10-18)14(19-11-13)20-5-7-21-8-6-20/h9,11H,5-8H2,1-4H3. The molecule has 2 fully saturated rings. The summed E-state index contributed by atoms with van der Waals surface area (Å²) in [4.78, 5) is 6.58. The van der Waals surface area contributed by atoms with Crippen LogP contribution in [0, 0.1) is 11.3 Å². The molecule has 3 heterocycles. The normalized spacial score (nSPS) is 22.9. The monoisotopic (exact) mass is 315 g/mol. The second-order valence-electron chi connectivity index (χ2n) is 6.94. The molecule has 7 heteroatoms. The molecule has 0 atom stereocenters. The van der Waals surface area contributed by atoms with Crippen LogP contribution in [0.3, 0.4) is 0 Å². The van der Waals surface area contributed by atoms with Gasteiger partial charge in [-0.25, -0.2) is 4.98 Å². The minimum Gasteiger partial charge on any atom is -0.399 e. The van der Waals surface area contributed by atoms with E-state index in [4.69, 9.17) is 14.0 Å². The van der Waals surface area contributed by atoms with Crippen molar-refractivity contribution in [3.8, 4) is 6.07 Å². The van der Waals surface area contributed by atoms with E-state index in [9.17, 15) is 5.26 Å². The summed E-state index contributed by atoms with van der Waals surface area (Å²) in [5.41, 5.74) is 0.497. The maximum atomic E-state index is 9.49. The fourth-order valence-corrected chi connectivity index (χ4v) is 2.69. The van der Waals surface area contributed by atoms with E-state index in [2.05, 4.69) is 16.0 Å². The Morgan fingerprint density at radius 1 is 1.17 bits per heavy atom. The first-order valence-electron chi connectivity index (χ1n) is 7.92. The lowest BCUT2D eigenvalue weighted by Crippen LogP contribution is -2.41. The number of pyridine rings is 1. The molecule has 0 saturated carbocycles. The molecule has 2 saturated heterocycles. The van der Waals surface area contributed by atoms with E-state index in [1.807, 2.05) is 33.8 Å². The van der Waals surface area contributed by atoms with E-state index in [-0.39, 0.29) is 0 Å². The van der Waals surface area contributed by atoms with Gasteiger partial charge in [-0.1, -0.05) is 0 Å². The van der Waals surface area contributed by atoms with Gasteiger partial charge in [0.25, 0.3) is 0 Å². The van der Waals surface area contributed by atoms with Gasteiger partial charge in [0.1, 0.15) is 11.9 Å². The quantitative estimate of drug-likeness (QED) is 0.761. The van der Waals surface area contributed by atoms with Crippen LogP contribution in [0.5, 0.6) is 0 Å². The number of ether oxygens (including phenoxy) is 1. The summed E-state index contributed by atoms with van der Waals surface area (Å²) in [6.45, 7) is 10.8. The van der Waals surface area contributed by atoms with Crippen molar-refractivity contribution in [1.82, 2.24) is 4.98 Å². The lowest BCUT2D eigenvalue weighted by atomic mass is 9.79. The van der Waals surface area contributed by atoms with Crippen molar-refractivity contribution in [2.24, 2.45) is 0 Å². The molecule has 1 aromatic heterocycles. The number of hydrogen-bond acceptors (Lipinski definition) is 6. The number of hydrogen-bond donors (Lipinski definition) is 0. The van der Waals surface area contributed by atoms with Crippen molar-refractivity contribution in [3.63, 3.8) is 0 Å². The number of anilines is 1. The third kappa shape index (κ3) is 2.94. The van der Waals surface area contributed by atoms with Gasteiger partial charge in [-0.05, 0) is 33.8 Å². The predicted molar refractivity (Wildman–Crippen MR) is 87.7 cm³/mol. The van der Waals surface area contributed by atoms with Gasteiger partial charge in [0, 0.05) is 24.7 Å². The van der Waals surface area contributed by atoms with Gasteiger partial charge >= 0.3 is 7.12 Å². The van der Waals surface area contributed by atoms with Gasteiger partial charge in [0.2, 0.25) is 0 Å². The first kappa shape index (κ1) is 16.3. The average Bonchev–Trinajstić information content (AvgIpc) is 2.75. The Morgan fingerprint density at radius 3 is 2.35 bits per heavy atom. The zero-order chi connectivity index (χ0) is 16.7. The van der Waals surface area contributed by atoms with Crippen molar-refractivity contribution >= 4 is 18.4 Å². The van der Waals surface area contributed by atoms with E-state index in [0.717, 1.165) is 18.6 Å². The molecule has 3 rings (SSSR count). The Bertz CT molecular complexity index is 620. The summed E-state index contributed by atoms with van der Waals surface area (Å²) < 4.78 is 17.4. The Labute approximate surface area is 137 Å². The SMILES string of the molecule is CC1(C)OB(c2cnc(N3CCOCC3)c(C#N)c2)OC1(C)C. The third-order valence-electron chi connectivity index (χ3n) is 4.84. The molecule has 0 N–H and O–H groups in total. The molecule has 1 aromatic rings. The van der Waals surface area contributed by atoms with Gasteiger partial charge in [0.05, 0.1) is 30.0 Å². The lowest BCUT2D eigenvalue weighted by Gasteiger charge is -2.32.